The minimum Gasteiger partial charge on any atom is -0.368 e. The van der Waals surface area contributed by atoms with Crippen molar-refractivity contribution < 1.29 is 14.3 Å². The molecule has 2 aliphatic heterocycles. The van der Waals surface area contributed by atoms with Gasteiger partial charge in [0.2, 0.25) is 5.91 Å². The van der Waals surface area contributed by atoms with Crippen molar-refractivity contribution in [1.82, 2.24) is 9.80 Å². The highest BCUT2D eigenvalue weighted by Gasteiger charge is 2.31. The van der Waals surface area contributed by atoms with Gasteiger partial charge in [0, 0.05) is 39.2 Å². The lowest BCUT2D eigenvalue weighted by Gasteiger charge is -2.35. The van der Waals surface area contributed by atoms with Crippen LogP contribution in [0.1, 0.15) is 38.5 Å². The van der Waals surface area contributed by atoms with E-state index in [9.17, 15) is 9.59 Å². The van der Waals surface area contributed by atoms with Crippen LogP contribution in [0.25, 0.3) is 0 Å². The van der Waals surface area contributed by atoms with Crippen molar-refractivity contribution in [2.75, 3.05) is 39.3 Å². The van der Waals surface area contributed by atoms with E-state index in [4.69, 9.17) is 10.5 Å². The van der Waals surface area contributed by atoms with Gasteiger partial charge in [-0.05, 0) is 32.2 Å². The van der Waals surface area contributed by atoms with Gasteiger partial charge in [0.05, 0.1) is 0 Å². The first-order chi connectivity index (χ1) is 10.2. The van der Waals surface area contributed by atoms with Gasteiger partial charge in [-0.2, -0.15) is 0 Å². The van der Waals surface area contributed by atoms with Crippen molar-refractivity contribution in [3.63, 3.8) is 0 Å². The molecule has 2 N–H and O–H groups in total. The van der Waals surface area contributed by atoms with Crippen molar-refractivity contribution in [2.45, 2.75) is 44.6 Å². The topological polar surface area (TPSA) is 75.9 Å². The van der Waals surface area contributed by atoms with Crippen LogP contribution in [0.4, 0.5) is 0 Å². The van der Waals surface area contributed by atoms with Crippen LogP contribution in [0, 0.1) is 0 Å². The predicted molar refractivity (Wildman–Crippen MR) is 79.7 cm³/mol. The van der Waals surface area contributed by atoms with Gasteiger partial charge >= 0.3 is 0 Å². The first-order valence-electron chi connectivity index (χ1n) is 8.10. The number of ether oxygens (including phenoxy) is 1. The molecule has 120 valence electrons. The number of carbonyl (C=O) groups is 2. The molecule has 1 atom stereocenters. The van der Waals surface area contributed by atoms with Crippen LogP contribution in [0.3, 0.4) is 0 Å². The molecule has 0 aromatic carbocycles. The van der Waals surface area contributed by atoms with Crippen molar-refractivity contribution in [2.24, 2.45) is 5.73 Å². The summed E-state index contributed by atoms with van der Waals surface area (Å²) in [4.78, 5) is 28.0. The maximum atomic E-state index is 12.2. The molecule has 2 rings (SSSR count). The van der Waals surface area contributed by atoms with Crippen LogP contribution in [-0.4, -0.2) is 67.0 Å². The molecule has 0 radical (unpaired) electrons. The first kappa shape index (κ1) is 16.2. The van der Waals surface area contributed by atoms with Gasteiger partial charge in [-0.1, -0.05) is 6.42 Å². The number of rotatable bonds is 6. The van der Waals surface area contributed by atoms with Gasteiger partial charge in [-0.15, -0.1) is 0 Å². The molecule has 6 nitrogen and oxygen atoms in total. The van der Waals surface area contributed by atoms with E-state index in [0.29, 0.717) is 45.8 Å². The Bertz CT molecular complexity index is 348. The Hall–Kier alpha value is -1.14. The monoisotopic (exact) mass is 297 g/mol. The van der Waals surface area contributed by atoms with E-state index in [2.05, 4.69) is 0 Å². The Morgan fingerprint density at radius 1 is 1.05 bits per heavy atom. The summed E-state index contributed by atoms with van der Waals surface area (Å²) in [5.41, 5.74) is 5.44. The molecular formula is C15H27N3O3. The second kappa shape index (κ2) is 8.34. The third-order valence-corrected chi connectivity index (χ3v) is 4.24. The fraction of sp³-hybridized carbons (Fsp3) is 0.867. The Kier molecular flexibility index (Phi) is 6.45. The number of unbranched alkanes of at least 4 members (excludes halogenated alkanes) is 2. The summed E-state index contributed by atoms with van der Waals surface area (Å²) in [5, 5.41) is 0. The smallest absolute Gasteiger partial charge is 0.251 e. The summed E-state index contributed by atoms with van der Waals surface area (Å²) in [5.74, 6) is 0.304. The molecule has 0 saturated carbocycles. The third kappa shape index (κ3) is 4.68. The van der Waals surface area contributed by atoms with Crippen LogP contribution in [0.15, 0.2) is 0 Å². The highest BCUT2D eigenvalue weighted by molar-refractivity contribution is 5.82. The number of carbonyl (C=O) groups excluding carboxylic acids is 2. The molecule has 2 aliphatic rings. The lowest BCUT2D eigenvalue weighted by molar-refractivity contribution is -0.146. The highest BCUT2D eigenvalue weighted by atomic mass is 16.5. The Balaban J connectivity index is 1.67. The van der Waals surface area contributed by atoms with E-state index in [1.54, 1.807) is 0 Å². The van der Waals surface area contributed by atoms with E-state index >= 15 is 0 Å². The molecule has 6 heteroatoms. The number of hydrogen-bond donors (Lipinski definition) is 1. The normalized spacial score (nSPS) is 22.6. The molecule has 0 aliphatic carbocycles. The lowest BCUT2D eigenvalue weighted by atomic mass is 10.1. The molecule has 2 fully saturated rings. The average molecular weight is 297 g/mol. The SMILES string of the molecule is NCCCCCC(=O)N1CCN(C(=O)C2CCCO2)CC1. The standard InChI is InChI=1S/C15H27N3O3/c16-7-3-1-2-6-14(19)17-8-10-18(11-9-17)15(20)13-5-4-12-21-13/h13H,1-12,16H2. The predicted octanol–water partition coefficient (Wildman–Crippen LogP) is 0.355. The summed E-state index contributed by atoms with van der Waals surface area (Å²) >= 11 is 0. The summed E-state index contributed by atoms with van der Waals surface area (Å²) in [6.45, 7) is 3.94. The van der Waals surface area contributed by atoms with E-state index in [0.717, 1.165) is 32.1 Å². The molecular weight excluding hydrogens is 270 g/mol. The van der Waals surface area contributed by atoms with Gasteiger partial charge in [-0.3, -0.25) is 9.59 Å². The maximum absolute atomic E-state index is 12.2. The maximum Gasteiger partial charge on any atom is 0.251 e. The highest BCUT2D eigenvalue weighted by Crippen LogP contribution is 2.16. The summed E-state index contributed by atoms with van der Waals surface area (Å²) in [7, 11) is 0. The molecule has 0 aromatic rings. The molecule has 2 saturated heterocycles. The van der Waals surface area contributed by atoms with Crippen LogP contribution in [0.2, 0.25) is 0 Å². The molecule has 1 unspecified atom stereocenters. The second-order valence-electron chi connectivity index (χ2n) is 5.81. The Morgan fingerprint density at radius 3 is 2.38 bits per heavy atom. The number of amides is 2. The number of nitrogens with zero attached hydrogens (tertiary/aromatic N) is 2. The molecule has 0 spiro atoms. The van der Waals surface area contributed by atoms with Crippen LogP contribution < -0.4 is 5.73 Å². The van der Waals surface area contributed by atoms with Crippen LogP contribution in [0.5, 0.6) is 0 Å². The van der Waals surface area contributed by atoms with Crippen molar-refractivity contribution in [3.05, 3.63) is 0 Å². The van der Waals surface area contributed by atoms with Gasteiger partial charge in [0.25, 0.3) is 5.91 Å². The molecule has 21 heavy (non-hydrogen) atoms. The van der Waals surface area contributed by atoms with Gasteiger partial charge in [-0.25, -0.2) is 0 Å². The number of piperazine rings is 1. The quantitative estimate of drug-likeness (QED) is 0.718. The van der Waals surface area contributed by atoms with E-state index < -0.39 is 0 Å². The summed E-state index contributed by atoms with van der Waals surface area (Å²) in [6, 6.07) is 0. The first-order valence-corrected chi connectivity index (χ1v) is 8.10. The van der Waals surface area contributed by atoms with Gasteiger partial charge < -0.3 is 20.3 Å². The largest absolute Gasteiger partial charge is 0.368 e. The molecule has 0 aromatic heterocycles. The van der Waals surface area contributed by atoms with Crippen LogP contribution >= 0.6 is 0 Å². The minimum atomic E-state index is -0.247. The minimum absolute atomic E-state index is 0.0996. The van der Waals surface area contributed by atoms with Crippen molar-refractivity contribution >= 4 is 11.8 Å². The zero-order valence-electron chi connectivity index (χ0n) is 12.8. The fourth-order valence-corrected chi connectivity index (χ4v) is 2.91. The lowest BCUT2D eigenvalue weighted by Crippen LogP contribution is -2.52. The van der Waals surface area contributed by atoms with Crippen molar-refractivity contribution in [1.29, 1.82) is 0 Å². The number of hydrogen-bond acceptors (Lipinski definition) is 4. The summed E-state index contributed by atoms with van der Waals surface area (Å²) < 4.78 is 5.44. The second-order valence-corrected chi connectivity index (χ2v) is 5.81. The zero-order valence-corrected chi connectivity index (χ0v) is 12.8. The zero-order chi connectivity index (χ0) is 15.1. The molecule has 2 amide bonds. The number of nitrogens with two attached hydrogens (primary N) is 1. The molecule has 0 bridgehead atoms. The third-order valence-electron chi connectivity index (χ3n) is 4.24. The van der Waals surface area contributed by atoms with E-state index in [-0.39, 0.29) is 17.9 Å². The fourth-order valence-electron chi connectivity index (χ4n) is 2.91. The van der Waals surface area contributed by atoms with E-state index in [1.165, 1.54) is 0 Å². The Morgan fingerprint density at radius 2 is 1.76 bits per heavy atom. The van der Waals surface area contributed by atoms with Crippen molar-refractivity contribution in [3.8, 4) is 0 Å². The van der Waals surface area contributed by atoms with E-state index in [1.807, 2.05) is 9.80 Å². The van der Waals surface area contributed by atoms with Gasteiger partial charge in [0.15, 0.2) is 0 Å². The van der Waals surface area contributed by atoms with Crippen LogP contribution in [-0.2, 0) is 14.3 Å². The average Bonchev–Trinajstić information content (AvgIpc) is 3.05. The Labute approximate surface area is 126 Å². The molecule has 2 heterocycles. The summed E-state index contributed by atoms with van der Waals surface area (Å²) in [6.07, 6.45) is 5.06. The van der Waals surface area contributed by atoms with Gasteiger partial charge in [0.1, 0.15) is 6.10 Å².